The zero-order valence-corrected chi connectivity index (χ0v) is 4.50. The minimum Gasteiger partial charge on any atom is -0.361 e. The van der Waals surface area contributed by atoms with Crippen LogP contribution in [0, 0.1) is 0 Å². The van der Waals surface area contributed by atoms with Crippen molar-refractivity contribution in [1.29, 1.82) is 0 Å². The molecule has 0 radical (unpaired) electrons. The fraction of sp³-hybridized carbons (Fsp3) is 0.167. The van der Waals surface area contributed by atoms with Crippen molar-refractivity contribution in [2.75, 3.05) is 0 Å². The van der Waals surface area contributed by atoms with Crippen LogP contribution in [0.1, 0.15) is 5.76 Å². The molecule has 0 aliphatic heterocycles. The zero-order valence-electron chi connectivity index (χ0n) is 4.50. The highest BCUT2D eigenvalue weighted by molar-refractivity contribution is 4.97. The fourth-order valence-corrected chi connectivity index (χ4v) is 0.490. The maximum atomic E-state index is 4.75. The van der Waals surface area contributed by atoms with Crippen LogP contribution >= 0.6 is 0 Å². The summed E-state index contributed by atoms with van der Waals surface area (Å²) in [6.45, 7) is 3.55. The highest BCUT2D eigenvalue weighted by Gasteiger charge is 1.88. The molecule has 0 aliphatic rings. The van der Waals surface area contributed by atoms with Gasteiger partial charge in [0.05, 0.1) is 6.20 Å². The minimum atomic E-state index is 0.764. The summed E-state index contributed by atoms with van der Waals surface area (Å²) in [6.07, 6.45) is 4.17. The quantitative estimate of drug-likeness (QED) is 0.536. The Morgan fingerprint density at radius 2 is 2.75 bits per heavy atom. The van der Waals surface area contributed by atoms with Crippen LogP contribution in [0.15, 0.2) is 29.4 Å². The third-order valence-corrected chi connectivity index (χ3v) is 0.837. The van der Waals surface area contributed by atoms with Gasteiger partial charge >= 0.3 is 0 Å². The van der Waals surface area contributed by atoms with Gasteiger partial charge in [-0.25, -0.2) is 0 Å². The highest BCUT2D eigenvalue weighted by atomic mass is 16.5. The predicted octanol–water partition coefficient (Wildman–Crippen LogP) is 1.40. The number of hydrogen-bond donors (Lipinski definition) is 0. The van der Waals surface area contributed by atoms with Gasteiger partial charge in [0.25, 0.3) is 0 Å². The van der Waals surface area contributed by atoms with E-state index in [9.17, 15) is 0 Å². The number of nitrogens with zero attached hydrogens (tertiary/aromatic N) is 1. The van der Waals surface area contributed by atoms with E-state index in [-0.39, 0.29) is 0 Å². The average Bonchev–Trinajstić information content (AvgIpc) is 2.19. The first kappa shape index (κ1) is 5.09. The van der Waals surface area contributed by atoms with Crippen molar-refractivity contribution in [2.45, 2.75) is 6.42 Å². The molecule has 1 heterocycles. The topological polar surface area (TPSA) is 26.0 Å². The standard InChI is InChI=1S/C6H7NO/c1-2-3-6-4-5-7-8-6/h2,4-5H,1,3H2. The third-order valence-electron chi connectivity index (χ3n) is 0.837. The molecule has 0 saturated heterocycles. The van der Waals surface area contributed by atoms with Crippen molar-refractivity contribution < 1.29 is 4.52 Å². The van der Waals surface area contributed by atoms with Gasteiger partial charge in [0.1, 0.15) is 5.76 Å². The van der Waals surface area contributed by atoms with E-state index in [0.717, 1.165) is 12.2 Å². The minimum absolute atomic E-state index is 0.764. The first-order chi connectivity index (χ1) is 3.93. The molecule has 0 spiro atoms. The molecule has 0 saturated carbocycles. The molecule has 1 rings (SSSR count). The molecule has 1 aromatic heterocycles. The molecule has 0 aromatic carbocycles. The van der Waals surface area contributed by atoms with E-state index in [1.54, 1.807) is 12.3 Å². The second-order valence-electron chi connectivity index (χ2n) is 1.47. The Hall–Kier alpha value is -1.05. The normalized spacial score (nSPS) is 9.00. The average molecular weight is 109 g/mol. The van der Waals surface area contributed by atoms with Crippen LogP contribution in [-0.2, 0) is 6.42 Å². The van der Waals surface area contributed by atoms with E-state index in [0.29, 0.717) is 0 Å². The molecule has 42 valence electrons. The smallest absolute Gasteiger partial charge is 0.140 e. The molecule has 0 amide bonds. The molecule has 2 heteroatoms. The maximum Gasteiger partial charge on any atom is 0.140 e. The lowest BCUT2D eigenvalue weighted by Gasteiger charge is -1.79. The molecule has 0 atom stereocenters. The van der Waals surface area contributed by atoms with Crippen molar-refractivity contribution >= 4 is 0 Å². The van der Waals surface area contributed by atoms with Crippen molar-refractivity contribution in [3.05, 3.63) is 30.7 Å². The van der Waals surface area contributed by atoms with Gasteiger partial charge in [0.2, 0.25) is 0 Å². The van der Waals surface area contributed by atoms with Crippen LogP contribution in [0.3, 0.4) is 0 Å². The maximum absolute atomic E-state index is 4.75. The van der Waals surface area contributed by atoms with Crippen LogP contribution in [0.5, 0.6) is 0 Å². The second-order valence-corrected chi connectivity index (χ2v) is 1.47. The summed E-state index contributed by atoms with van der Waals surface area (Å²) in [7, 11) is 0. The van der Waals surface area contributed by atoms with Gasteiger partial charge in [-0.1, -0.05) is 11.2 Å². The molecule has 1 aromatic rings. The largest absolute Gasteiger partial charge is 0.361 e. The van der Waals surface area contributed by atoms with Crippen molar-refractivity contribution in [2.24, 2.45) is 0 Å². The lowest BCUT2D eigenvalue weighted by molar-refractivity contribution is 0.390. The summed E-state index contributed by atoms with van der Waals surface area (Å²) in [5, 5.41) is 3.52. The van der Waals surface area contributed by atoms with Gasteiger partial charge in [-0.3, -0.25) is 0 Å². The van der Waals surface area contributed by atoms with Crippen LogP contribution in [0.2, 0.25) is 0 Å². The Kier molecular flexibility index (Phi) is 1.47. The molecule has 8 heavy (non-hydrogen) atoms. The third kappa shape index (κ3) is 0.964. The Balaban J connectivity index is 2.62. The summed E-state index contributed by atoms with van der Waals surface area (Å²) in [6, 6.07) is 1.82. The van der Waals surface area contributed by atoms with Gasteiger partial charge in [-0.15, -0.1) is 6.58 Å². The second kappa shape index (κ2) is 2.31. The predicted molar refractivity (Wildman–Crippen MR) is 30.4 cm³/mol. The number of rotatable bonds is 2. The molecule has 0 aliphatic carbocycles. The summed E-state index contributed by atoms with van der Waals surface area (Å²) in [4.78, 5) is 0. The monoisotopic (exact) mass is 109 g/mol. The SMILES string of the molecule is C=CCc1ccno1. The van der Waals surface area contributed by atoms with E-state index < -0.39 is 0 Å². The first-order valence-electron chi connectivity index (χ1n) is 2.44. The van der Waals surface area contributed by atoms with Gasteiger partial charge in [-0.05, 0) is 0 Å². The van der Waals surface area contributed by atoms with Crippen molar-refractivity contribution in [3.63, 3.8) is 0 Å². The van der Waals surface area contributed by atoms with Gasteiger partial charge < -0.3 is 4.52 Å². The Morgan fingerprint density at radius 3 is 3.25 bits per heavy atom. The van der Waals surface area contributed by atoms with E-state index >= 15 is 0 Å². The number of hydrogen-bond acceptors (Lipinski definition) is 2. The van der Waals surface area contributed by atoms with E-state index in [2.05, 4.69) is 11.7 Å². The van der Waals surface area contributed by atoms with Crippen LogP contribution < -0.4 is 0 Å². The molecule has 2 nitrogen and oxygen atoms in total. The fourth-order valence-electron chi connectivity index (χ4n) is 0.490. The van der Waals surface area contributed by atoms with Crippen molar-refractivity contribution in [1.82, 2.24) is 5.16 Å². The summed E-state index contributed by atoms with van der Waals surface area (Å²) >= 11 is 0. The van der Waals surface area contributed by atoms with Crippen LogP contribution in [0.25, 0.3) is 0 Å². The summed E-state index contributed by atoms with van der Waals surface area (Å²) < 4.78 is 4.75. The first-order valence-corrected chi connectivity index (χ1v) is 2.44. The van der Waals surface area contributed by atoms with E-state index in [1.165, 1.54) is 0 Å². The molecular weight excluding hydrogens is 102 g/mol. The van der Waals surface area contributed by atoms with Gasteiger partial charge in [0, 0.05) is 12.5 Å². The van der Waals surface area contributed by atoms with Crippen LogP contribution in [0.4, 0.5) is 0 Å². The number of aromatic nitrogens is 1. The Labute approximate surface area is 47.8 Å². The number of allylic oxidation sites excluding steroid dienone is 1. The van der Waals surface area contributed by atoms with Crippen LogP contribution in [-0.4, -0.2) is 5.16 Å². The zero-order chi connectivity index (χ0) is 5.82. The molecule has 0 N–H and O–H groups in total. The molecular formula is C6H7NO. The molecule has 0 bridgehead atoms. The van der Waals surface area contributed by atoms with Gasteiger partial charge in [0.15, 0.2) is 0 Å². The highest BCUT2D eigenvalue weighted by Crippen LogP contribution is 1.96. The molecule has 0 unspecified atom stereocenters. The Bertz CT molecular complexity index is 155. The van der Waals surface area contributed by atoms with Crippen molar-refractivity contribution in [3.8, 4) is 0 Å². The Morgan fingerprint density at radius 1 is 1.88 bits per heavy atom. The summed E-state index contributed by atoms with van der Waals surface area (Å²) in [5.41, 5.74) is 0. The van der Waals surface area contributed by atoms with E-state index in [1.807, 2.05) is 6.07 Å². The molecule has 0 fully saturated rings. The van der Waals surface area contributed by atoms with Gasteiger partial charge in [-0.2, -0.15) is 0 Å². The lowest BCUT2D eigenvalue weighted by Crippen LogP contribution is -1.70. The lowest BCUT2D eigenvalue weighted by atomic mass is 10.3. The van der Waals surface area contributed by atoms with E-state index in [4.69, 9.17) is 4.52 Å². The summed E-state index contributed by atoms with van der Waals surface area (Å²) in [5.74, 6) is 0.861.